The summed E-state index contributed by atoms with van der Waals surface area (Å²) in [5.41, 5.74) is 1.06. The van der Waals surface area contributed by atoms with Gasteiger partial charge in [-0.15, -0.1) is 0 Å². The van der Waals surface area contributed by atoms with Gasteiger partial charge in [0.1, 0.15) is 12.4 Å². The monoisotopic (exact) mass is 413 g/mol. The van der Waals surface area contributed by atoms with E-state index in [-0.39, 0.29) is 6.61 Å². The van der Waals surface area contributed by atoms with Crippen molar-refractivity contribution in [2.24, 2.45) is 7.05 Å². The third-order valence-electron chi connectivity index (χ3n) is 5.51. The molecule has 0 amide bonds. The van der Waals surface area contributed by atoms with Crippen molar-refractivity contribution < 1.29 is 19.0 Å². The van der Waals surface area contributed by atoms with Gasteiger partial charge in [-0.25, -0.2) is 9.59 Å². The molecular formula is C21H23N3O6. The number of carbonyl (C=O) groups excluding carboxylic acids is 1. The van der Waals surface area contributed by atoms with E-state index in [1.165, 1.54) is 25.8 Å². The molecule has 0 saturated carbocycles. The van der Waals surface area contributed by atoms with Crippen molar-refractivity contribution in [3.8, 4) is 11.5 Å². The number of anilines is 1. The summed E-state index contributed by atoms with van der Waals surface area (Å²) in [6, 6.07) is 5.25. The molecule has 0 saturated heterocycles. The summed E-state index contributed by atoms with van der Waals surface area (Å²) in [6.07, 6.45) is 0.703. The zero-order valence-electron chi connectivity index (χ0n) is 17.3. The van der Waals surface area contributed by atoms with Crippen molar-refractivity contribution in [2.75, 3.05) is 26.1 Å². The van der Waals surface area contributed by atoms with Crippen molar-refractivity contribution in [3.05, 3.63) is 61.4 Å². The Balaban J connectivity index is 2.05. The van der Waals surface area contributed by atoms with Gasteiger partial charge in [-0.05, 0) is 24.1 Å². The van der Waals surface area contributed by atoms with Crippen LogP contribution in [-0.4, -0.2) is 35.9 Å². The first-order valence-corrected chi connectivity index (χ1v) is 9.65. The Morgan fingerprint density at radius 1 is 1.17 bits per heavy atom. The van der Waals surface area contributed by atoms with Crippen LogP contribution in [0.3, 0.4) is 0 Å². The first-order chi connectivity index (χ1) is 14.4. The lowest BCUT2D eigenvalue weighted by atomic mass is 9.82. The van der Waals surface area contributed by atoms with E-state index in [2.05, 4.69) is 5.32 Å². The average molecular weight is 413 g/mol. The molecule has 4 rings (SSSR count). The van der Waals surface area contributed by atoms with Crippen LogP contribution in [0.5, 0.6) is 11.5 Å². The van der Waals surface area contributed by atoms with E-state index in [0.29, 0.717) is 52.7 Å². The van der Waals surface area contributed by atoms with Gasteiger partial charge in [0.05, 0.1) is 37.0 Å². The number of methoxy groups -OCH3 is 2. The van der Waals surface area contributed by atoms with Crippen molar-refractivity contribution >= 4 is 11.8 Å². The molecule has 158 valence electrons. The van der Waals surface area contributed by atoms with Gasteiger partial charge in [0.15, 0.2) is 11.5 Å². The largest absolute Gasteiger partial charge is 0.493 e. The van der Waals surface area contributed by atoms with Crippen molar-refractivity contribution in [1.29, 1.82) is 0 Å². The minimum Gasteiger partial charge on any atom is -0.493 e. The van der Waals surface area contributed by atoms with Crippen molar-refractivity contribution in [3.63, 3.8) is 0 Å². The lowest BCUT2D eigenvalue weighted by molar-refractivity contribution is -0.136. The molecule has 9 nitrogen and oxygen atoms in total. The molecule has 0 fully saturated rings. The topological polar surface area (TPSA) is 101 Å². The van der Waals surface area contributed by atoms with E-state index in [1.807, 2.05) is 6.92 Å². The maximum absolute atomic E-state index is 13.2. The Morgan fingerprint density at radius 2 is 1.90 bits per heavy atom. The predicted octanol–water partition coefficient (Wildman–Crippen LogP) is 1.34. The molecule has 1 atom stereocenters. The maximum Gasteiger partial charge on any atom is 0.337 e. The lowest BCUT2D eigenvalue weighted by Gasteiger charge is -2.29. The number of benzene rings is 1. The minimum atomic E-state index is -0.700. The number of carbonyl (C=O) groups is 1. The molecule has 0 bridgehead atoms. The van der Waals surface area contributed by atoms with Crippen LogP contribution in [-0.2, 0) is 23.1 Å². The number of ether oxygens (including phenoxy) is 3. The zero-order valence-corrected chi connectivity index (χ0v) is 17.3. The maximum atomic E-state index is 13.2. The lowest BCUT2D eigenvalue weighted by Crippen LogP contribution is -2.44. The summed E-state index contributed by atoms with van der Waals surface area (Å²) in [5, 5.41) is 3.13. The zero-order chi connectivity index (χ0) is 21.6. The number of cyclic esters (lactones) is 1. The number of rotatable bonds is 5. The molecule has 30 heavy (non-hydrogen) atoms. The average Bonchev–Trinajstić information content (AvgIpc) is 3.13. The number of aromatic nitrogens is 2. The Kier molecular flexibility index (Phi) is 4.89. The molecular weight excluding hydrogens is 390 g/mol. The van der Waals surface area contributed by atoms with E-state index in [1.54, 1.807) is 18.2 Å². The first-order valence-electron chi connectivity index (χ1n) is 9.65. The SMILES string of the molecule is CCCn1c2c(c(=O)n(C)c1=O)C(c1ccc(OC)c(OC)c1)C1=C(COC1=O)N2. The van der Waals surface area contributed by atoms with Crippen LogP contribution < -0.4 is 26.0 Å². The highest BCUT2D eigenvalue weighted by molar-refractivity contribution is 5.96. The van der Waals surface area contributed by atoms with Gasteiger partial charge in [0, 0.05) is 13.6 Å². The number of fused-ring (bicyclic) bond motifs is 1. The number of hydrogen-bond acceptors (Lipinski definition) is 7. The second-order valence-corrected chi connectivity index (χ2v) is 7.20. The second-order valence-electron chi connectivity index (χ2n) is 7.20. The molecule has 1 aromatic heterocycles. The molecule has 1 unspecified atom stereocenters. The highest BCUT2D eigenvalue weighted by Gasteiger charge is 2.42. The molecule has 3 heterocycles. The fourth-order valence-electron chi connectivity index (χ4n) is 4.08. The Hall–Kier alpha value is -3.49. The summed E-state index contributed by atoms with van der Waals surface area (Å²) in [4.78, 5) is 38.6. The van der Waals surface area contributed by atoms with Gasteiger partial charge in [-0.1, -0.05) is 13.0 Å². The van der Waals surface area contributed by atoms with Crippen LogP contribution in [0.4, 0.5) is 5.82 Å². The minimum absolute atomic E-state index is 0.0624. The van der Waals surface area contributed by atoms with E-state index in [9.17, 15) is 14.4 Å². The summed E-state index contributed by atoms with van der Waals surface area (Å²) in [7, 11) is 4.50. The van der Waals surface area contributed by atoms with Crippen molar-refractivity contribution in [2.45, 2.75) is 25.8 Å². The summed E-state index contributed by atoms with van der Waals surface area (Å²) >= 11 is 0. The van der Waals surface area contributed by atoms with Crippen LogP contribution in [0.1, 0.15) is 30.4 Å². The summed E-state index contributed by atoms with van der Waals surface area (Å²) in [5.74, 6) is 0.221. The third kappa shape index (κ3) is 2.80. The Bertz CT molecular complexity index is 1190. The fraction of sp³-hybridized carbons (Fsp3) is 0.381. The smallest absolute Gasteiger partial charge is 0.337 e. The molecule has 2 aromatic rings. The number of nitrogens with zero attached hydrogens (tertiary/aromatic N) is 2. The van der Waals surface area contributed by atoms with Gasteiger partial charge in [-0.3, -0.25) is 13.9 Å². The van der Waals surface area contributed by atoms with Gasteiger partial charge < -0.3 is 19.5 Å². The van der Waals surface area contributed by atoms with Gasteiger partial charge in [0.2, 0.25) is 0 Å². The molecule has 2 aliphatic heterocycles. The summed E-state index contributed by atoms with van der Waals surface area (Å²) in [6.45, 7) is 2.44. The van der Waals surface area contributed by atoms with E-state index in [4.69, 9.17) is 14.2 Å². The van der Waals surface area contributed by atoms with E-state index >= 15 is 0 Å². The van der Waals surface area contributed by atoms with Crippen LogP contribution in [0.25, 0.3) is 0 Å². The van der Waals surface area contributed by atoms with E-state index in [0.717, 1.165) is 4.57 Å². The number of esters is 1. The van der Waals surface area contributed by atoms with Gasteiger partial charge in [0.25, 0.3) is 5.56 Å². The van der Waals surface area contributed by atoms with Crippen molar-refractivity contribution in [1.82, 2.24) is 9.13 Å². The fourth-order valence-corrected chi connectivity index (χ4v) is 4.08. The quantitative estimate of drug-likeness (QED) is 0.739. The van der Waals surface area contributed by atoms with Crippen LogP contribution in [0, 0.1) is 0 Å². The molecule has 1 N–H and O–H groups in total. The Morgan fingerprint density at radius 3 is 2.57 bits per heavy atom. The molecule has 0 radical (unpaired) electrons. The third-order valence-corrected chi connectivity index (χ3v) is 5.51. The van der Waals surface area contributed by atoms with Gasteiger partial charge >= 0.3 is 11.7 Å². The number of hydrogen-bond donors (Lipinski definition) is 1. The van der Waals surface area contributed by atoms with Crippen LogP contribution in [0.15, 0.2) is 39.1 Å². The van der Waals surface area contributed by atoms with E-state index < -0.39 is 23.1 Å². The first kappa shape index (κ1) is 19.8. The standard InChI is InChI=1S/C21H23N3O6/c1-5-8-24-18-17(19(25)23(2)21(24)27)15(16-12(22-18)10-30-20(16)26)11-6-7-13(28-3)14(9-11)29-4/h6-7,9,15,22H,5,8,10H2,1-4H3. The molecule has 0 spiro atoms. The second kappa shape index (κ2) is 7.40. The molecule has 0 aliphatic carbocycles. The molecule has 1 aromatic carbocycles. The van der Waals surface area contributed by atoms with Crippen LogP contribution >= 0.6 is 0 Å². The molecule has 2 aliphatic rings. The highest BCUT2D eigenvalue weighted by Crippen LogP contribution is 2.44. The predicted molar refractivity (Wildman–Crippen MR) is 109 cm³/mol. The summed E-state index contributed by atoms with van der Waals surface area (Å²) < 4.78 is 18.6. The molecule has 9 heteroatoms. The Labute approximate surface area is 172 Å². The normalized spacial score (nSPS) is 17.2. The van der Waals surface area contributed by atoms with Crippen LogP contribution in [0.2, 0.25) is 0 Å². The highest BCUT2D eigenvalue weighted by atomic mass is 16.5. The van der Waals surface area contributed by atoms with Gasteiger partial charge in [-0.2, -0.15) is 0 Å². The number of nitrogens with one attached hydrogen (secondary N) is 1.